The van der Waals surface area contributed by atoms with Crippen molar-refractivity contribution in [3.63, 3.8) is 0 Å². The molecule has 0 aliphatic carbocycles. The fourth-order valence-corrected chi connectivity index (χ4v) is 10.2. The van der Waals surface area contributed by atoms with Crippen LogP contribution < -0.4 is 24.2 Å². The van der Waals surface area contributed by atoms with E-state index >= 15 is 0 Å². The second-order valence-corrected chi connectivity index (χ2v) is 19.5. The summed E-state index contributed by atoms with van der Waals surface area (Å²) in [5.41, 5.74) is 5.27. The molecule has 1 fully saturated rings. The quantitative estimate of drug-likeness (QED) is 0.121. The zero-order valence-corrected chi connectivity index (χ0v) is 38.3. The van der Waals surface area contributed by atoms with Crippen molar-refractivity contribution >= 4 is 95.9 Å². The van der Waals surface area contributed by atoms with Crippen molar-refractivity contribution in [1.82, 2.24) is 10.3 Å². The average molecular weight is 956 g/mol. The van der Waals surface area contributed by atoms with Crippen LogP contribution in [0.5, 0.6) is 28.7 Å². The van der Waals surface area contributed by atoms with E-state index in [4.69, 9.17) is 60.6 Å². The van der Waals surface area contributed by atoms with Gasteiger partial charge in [0.05, 0.1) is 37.7 Å². The fraction of sp³-hybridized carbons (Fsp3) is 0.222. The van der Waals surface area contributed by atoms with Crippen molar-refractivity contribution in [2.75, 3.05) is 11.3 Å². The van der Waals surface area contributed by atoms with Gasteiger partial charge in [-0.05, 0) is 124 Å². The number of hydrogen-bond donors (Lipinski definition) is 3. The second kappa shape index (κ2) is 18.4. The van der Waals surface area contributed by atoms with Crippen molar-refractivity contribution in [2.45, 2.75) is 62.7 Å². The van der Waals surface area contributed by atoms with Gasteiger partial charge in [0.1, 0.15) is 40.1 Å². The van der Waals surface area contributed by atoms with Crippen LogP contribution in [-0.4, -0.2) is 47.1 Å². The van der Waals surface area contributed by atoms with E-state index in [0.29, 0.717) is 29.5 Å². The molecule has 0 spiro atoms. The summed E-state index contributed by atoms with van der Waals surface area (Å²) >= 11 is 25.5. The monoisotopic (exact) mass is 953 g/mol. The molecule has 1 saturated heterocycles. The van der Waals surface area contributed by atoms with E-state index in [1.807, 2.05) is 76.2 Å². The van der Waals surface area contributed by atoms with E-state index in [1.54, 1.807) is 12.3 Å². The number of carbonyl (C=O) groups excluding carboxylic acids is 2. The first-order valence-corrected chi connectivity index (χ1v) is 23.0. The third-order valence-corrected chi connectivity index (χ3v) is 14.1. The number of phenols is 1. The highest BCUT2D eigenvalue weighted by molar-refractivity contribution is 8.15. The van der Waals surface area contributed by atoms with Crippen LogP contribution in [0.2, 0.25) is 20.1 Å². The number of sulfonamides is 1. The van der Waals surface area contributed by atoms with Gasteiger partial charge in [-0.2, -0.15) is 0 Å². The minimum Gasteiger partial charge on any atom is -0.507 e. The van der Waals surface area contributed by atoms with E-state index in [9.17, 15) is 23.1 Å². The summed E-state index contributed by atoms with van der Waals surface area (Å²) < 4.78 is 46.0. The average Bonchev–Trinajstić information content (AvgIpc) is 3.55. The zero-order valence-electron chi connectivity index (χ0n) is 33.6. The Balaban J connectivity index is 0.000000186. The van der Waals surface area contributed by atoms with Gasteiger partial charge >= 0.3 is 0 Å². The maximum atomic E-state index is 12.7. The van der Waals surface area contributed by atoms with Crippen molar-refractivity contribution in [1.29, 1.82) is 0 Å². The van der Waals surface area contributed by atoms with E-state index < -0.39 is 15.6 Å². The number of benzene rings is 5. The number of carbonyl (C=O) groups is 2. The number of anilines is 1. The Hall–Kier alpha value is -4.89. The van der Waals surface area contributed by atoms with Crippen molar-refractivity contribution < 1.29 is 37.3 Å². The molecule has 322 valence electrons. The summed E-state index contributed by atoms with van der Waals surface area (Å²) in [4.78, 5) is 27.2. The molecule has 62 heavy (non-hydrogen) atoms. The zero-order chi connectivity index (χ0) is 44.5. The number of halogens is 4. The standard InChI is InChI=1S/C24H27NO5S.C21H12Cl4N2O3S/c1-13-14(2)21-18(15(3)20(13)26)9-10-24(4,30-21)12-29-17-7-5-16(6-8-17)11-19-22(27)25-23(28)31-19;22-13-5-6-20(16(23)8-13)31(28,29)27-14-9-17(24)21(18(25)10-14)30-15-7-12-3-1-2-4-19(12)26-11-15/h5-8,19,26H,9-12H2,1-4H3,(H,25,27,28);1-11,27H. The lowest BCUT2D eigenvalue weighted by atomic mass is 9.87. The van der Waals surface area contributed by atoms with Crippen molar-refractivity contribution in [3.05, 3.63) is 139 Å². The molecule has 5 aromatic carbocycles. The summed E-state index contributed by atoms with van der Waals surface area (Å²) in [6, 6.07) is 23.8. The van der Waals surface area contributed by atoms with Gasteiger partial charge in [0.25, 0.3) is 15.3 Å². The lowest BCUT2D eigenvalue weighted by Crippen LogP contribution is -2.42. The highest BCUT2D eigenvalue weighted by atomic mass is 35.5. The van der Waals surface area contributed by atoms with Gasteiger partial charge in [0.15, 0.2) is 5.75 Å². The van der Waals surface area contributed by atoms with Gasteiger partial charge in [-0.3, -0.25) is 24.6 Å². The van der Waals surface area contributed by atoms with Crippen molar-refractivity contribution in [2.24, 2.45) is 0 Å². The Morgan fingerprint density at radius 2 is 1.61 bits per heavy atom. The molecule has 6 aromatic rings. The molecule has 11 nitrogen and oxygen atoms in total. The molecule has 3 heterocycles. The second-order valence-electron chi connectivity index (χ2n) is 15.0. The lowest BCUT2D eigenvalue weighted by Gasteiger charge is -2.37. The SMILES string of the molecule is Cc1c(C)c2c(c(C)c1O)CCC(C)(COc1ccc(CC3SC(=O)NC3=O)cc1)O2.O=S(=O)(Nc1cc(Cl)c(Oc2cnc3ccccc3c2)c(Cl)c1)c1ccc(Cl)cc1Cl. The number of nitrogens with one attached hydrogen (secondary N) is 2. The topological polar surface area (TPSA) is 153 Å². The predicted octanol–water partition coefficient (Wildman–Crippen LogP) is 11.8. The number of fused-ring (bicyclic) bond motifs is 2. The number of nitrogens with zero attached hydrogens (tertiary/aromatic N) is 1. The Morgan fingerprint density at radius 3 is 2.29 bits per heavy atom. The number of aromatic nitrogens is 1. The van der Waals surface area contributed by atoms with Crippen LogP contribution in [0.25, 0.3) is 10.9 Å². The number of phenolic OH excluding ortho intramolecular Hbond substituents is 1. The normalized spacial score (nSPS) is 17.1. The van der Waals surface area contributed by atoms with Crippen LogP contribution in [-0.2, 0) is 27.7 Å². The van der Waals surface area contributed by atoms with Crippen LogP contribution in [0.4, 0.5) is 10.5 Å². The van der Waals surface area contributed by atoms with Gasteiger partial charge < -0.3 is 19.3 Å². The number of hydrogen-bond acceptors (Lipinski definition) is 10. The number of ether oxygens (including phenoxy) is 3. The minimum atomic E-state index is -4.00. The lowest BCUT2D eigenvalue weighted by molar-refractivity contribution is -0.118. The van der Waals surface area contributed by atoms with E-state index in [0.717, 1.165) is 74.8 Å². The van der Waals surface area contributed by atoms with Crippen LogP contribution in [0.1, 0.15) is 41.2 Å². The molecule has 2 atom stereocenters. The Morgan fingerprint density at radius 1 is 0.903 bits per heavy atom. The number of imide groups is 1. The first kappa shape index (κ1) is 45.1. The van der Waals surface area contributed by atoms with Gasteiger partial charge in [0, 0.05) is 16.0 Å². The molecular weight excluding hydrogens is 916 g/mol. The molecule has 2 aliphatic rings. The molecule has 2 amide bonds. The molecule has 8 rings (SSSR count). The van der Waals surface area contributed by atoms with Gasteiger partial charge in [-0.25, -0.2) is 8.42 Å². The first-order chi connectivity index (χ1) is 29.4. The number of pyridine rings is 1. The number of thioether (sulfide) groups is 1. The predicted molar refractivity (Wildman–Crippen MR) is 246 cm³/mol. The largest absolute Gasteiger partial charge is 0.507 e. The van der Waals surface area contributed by atoms with Crippen molar-refractivity contribution in [3.8, 4) is 28.7 Å². The third kappa shape index (κ3) is 10.1. The highest BCUT2D eigenvalue weighted by Crippen LogP contribution is 2.44. The molecule has 0 saturated carbocycles. The Kier molecular flexibility index (Phi) is 13.4. The number of aromatic hydroxyl groups is 1. The molecule has 0 radical (unpaired) electrons. The smallest absolute Gasteiger partial charge is 0.286 e. The molecule has 1 aromatic heterocycles. The molecule has 2 unspecified atom stereocenters. The van der Waals surface area contributed by atoms with Gasteiger partial charge in [-0.15, -0.1) is 0 Å². The van der Waals surface area contributed by atoms with Crippen LogP contribution in [0.3, 0.4) is 0 Å². The fourth-order valence-electron chi connectivity index (χ4n) is 6.94. The molecule has 0 bridgehead atoms. The molecule has 17 heteroatoms. The summed E-state index contributed by atoms with van der Waals surface area (Å²) in [5.74, 6) is 2.33. The first-order valence-electron chi connectivity index (χ1n) is 19.1. The van der Waals surface area contributed by atoms with Crippen LogP contribution >= 0.6 is 58.2 Å². The van der Waals surface area contributed by atoms with Crippen LogP contribution in [0, 0.1) is 20.8 Å². The third-order valence-electron chi connectivity index (χ3n) is 10.5. The Bertz CT molecular complexity index is 2820. The highest BCUT2D eigenvalue weighted by Gasteiger charge is 2.36. The van der Waals surface area contributed by atoms with E-state index in [2.05, 4.69) is 15.0 Å². The van der Waals surface area contributed by atoms with Crippen LogP contribution in [0.15, 0.2) is 96.0 Å². The summed E-state index contributed by atoms with van der Waals surface area (Å²) in [7, 11) is -4.00. The summed E-state index contributed by atoms with van der Waals surface area (Å²) in [6.45, 7) is 8.28. The number of rotatable bonds is 10. The Labute approximate surface area is 383 Å². The molecular formula is C45H39Cl4N3O8S2. The molecule has 2 aliphatic heterocycles. The minimum absolute atomic E-state index is 0.0130. The van der Waals surface area contributed by atoms with E-state index in [1.165, 1.54) is 30.3 Å². The summed E-state index contributed by atoms with van der Waals surface area (Å²) in [5, 5.41) is 13.4. The van der Waals surface area contributed by atoms with E-state index in [-0.39, 0.29) is 47.8 Å². The number of amides is 2. The molecule has 3 N–H and O–H groups in total. The van der Waals surface area contributed by atoms with Gasteiger partial charge in [-0.1, -0.05) is 88.5 Å². The maximum absolute atomic E-state index is 12.7. The maximum Gasteiger partial charge on any atom is 0.286 e. The van der Waals surface area contributed by atoms with Gasteiger partial charge in [0.2, 0.25) is 5.91 Å². The summed E-state index contributed by atoms with van der Waals surface area (Å²) in [6.07, 6.45) is 3.68. The number of para-hydroxylation sites is 1.